The lowest BCUT2D eigenvalue weighted by Gasteiger charge is -2.08. The van der Waals surface area contributed by atoms with Gasteiger partial charge in [0, 0.05) is 11.4 Å². The van der Waals surface area contributed by atoms with Crippen LogP contribution in [0.4, 0.5) is 5.69 Å². The van der Waals surface area contributed by atoms with Crippen LogP contribution in [0.15, 0.2) is 36.5 Å². The molecule has 0 radical (unpaired) electrons. The van der Waals surface area contributed by atoms with Crippen LogP contribution in [0.2, 0.25) is 0 Å². The Labute approximate surface area is 79.5 Å². The van der Waals surface area contributed by atoms with Gasteiger partial charge in [-0.25, -0.2) is 0 Å². The van der Waals surface area contributed by atoms with E-state index in [-0.39, 0.29) is 0 Å². The summed E-state index contributed by atoms with van der Waals surface area (Å²) in [4.78, 5) is 0. The molecule has 0 heterocycles. The first kappa shape index (κ1) is 8.36. The molecule has 1 saturated carbocycles. The summed E-state index contributed by atoms with van der Waals surface area (Å²) >= 11 is 0. The van der Waals surface area contributed by atoms with Crippen molar-refractivity contribution in [2.45, 2.75) is 19.8 Å². The molecule has 2 rings (SSSR count). The van der Waals surface area contributed by atoms with Gasteiger partial charge in [0.2, 0.25) is 0 Å². The van der Waals surface area contributed by atoms with Gasteiger partial charge in [0.1, 0.15) is 0 Å². The molecular formula is C12H15N. The smallest absolute Gasteiger partial charge is 0.0384 e. The SMILES string of the molecule is C=C(Nc1cccc(C)c1)C1CC1. The zero-order valence-electron chi connectivity index (χ0n) is 8.01. The largest absolute Gasteiger partial charge is 0.359 e. The highest BCUT2D eigenvalue weighted by Crippen LogP contribution is 2.35. The van der Waals surface area contributed by atoms with E-state index < -0.39 is 0 Å². The Balaban J connectivity index is 2.04. The van der Waals surface area contributed by atoms with Gasteiger partial charge in [0.25, 0.3) is 0 Å². The van der Waals surface area contributed by atoms with Crippen molar-refractivity contribution in [2.24, 2.45) is 5.92 Å². The lowest BCUT2D eigenvalue weighted by atomic mass is 10.2. The minimum atomic E-state index is 0.723. The van der Waals surface area contributed by atoms with Gasteiger partial charge >= 0.3 is 0 Å². The molecule has 0 atom stereocenters. The molecule has 1 fully saturated rings. The number of aryl methyl sites for hydroxylation is 1. The van der Waals surface area contributed by atoms with Crippen molar-refractivity contribution >= 4 is 5.69 Å². The van der Waals surface area contributed by atoms with E-state index in [0.29, 0.717) is 0 Å². The zero-order valence-corrected chi connectivity index (χ0v) is 8.01. The molecule has 1 aromatic rings. The quantitative estimate of drug-likeness (QED) is 0.739. The normalized spacial score (nSPS) is 15.5. The first-order valence-electron chi connectivity index (χ1n) is 4.78. The average Bonchev–Trinajstić information content (AvgIpc) is 2.85. The highest BCUT2D eigenvalue weighted by Gasteiger charge is 2.24. The second kappa shape index (κ2) is 3.25. The number of benzene rings is 1. The summed E-state index contributed by atoms with van der Waals surface area (Å²) in [6.07, 6.45) is 2.61. The van der Waals surface area contributed by atoms with Gasteiger partial charge in [-0.2, -0.15) is 0 Å². The third kappa shape index (κ3) is 2.11. The van der Waals surface area contributed by atoms with Gasteiger partial charge < -0.3 is 5.32 Å². The second-order valence-electron chi connectivity index (χ2n) is 3.79. The summed E-state index contributed by atoms with van der Waals surface area (Å²) in [6.45, 7) is 6.13. The van der Waals surface area contributed by atoms with E-state index in [2.05, 4.69) is 43.1 Å². The zero-order chi connectivity index (χ0) is 9.26. The van der Waals surface area contributed by atoms with Crippen molar-refractivity contribution in [1.82, 2.24) is 0 Å². The summed E-state index contributed by atoms with van der Waals surface area (Å²) < 4.78 is 0. The van der Waals surface area contributed by atoms with Crippen molar-refractivity contribution in [2.75, 3.05) is 5.32 Å². The first-order chi connectivity index (χ1) is 6.25. The topological polar surface area (TPSA) is 12.0 Å². The van der Waals surface area contributed by atoms with Gasteiger partial charge in [-0.15, -0.1) is 0 Å². The summed E-state index contributed by atoms with van der Waals surface area (Å²) in [5, 5.41) is 3.35. The highest BCUT2D eigenvalue weighted by molar-refractivity contribution is 5.50. The fraction of sp³-hybridized carbons (Fsp3) is 0.333. The third-order valence-electron chi connectivity index (χ3n) is 2.39. The maximum Gasteiger partial charge on any atom is 0.0384 e. The molecule has 0 bridgehead atoms. The van der Waals surface area contributed by atoms with Crippen molar-refractivity contribution in [3.05, 3.63) is 42.1 Å². The van der Waals surface area contributed by atoms with Crippen LogP contribution in [0.1, 0.15) is 18.4 Å². The molecule has 1 nitrogen and oxygen atoms in total. The van der Waals surface area contributed by atoms with E-state index in [1.54, 1.807) is 0 Å². The fourth-order valence-electron chi connectivity index (χ4n) is 1.44. The summed E-state index contributed by atoms with van der Waals surface area (Å²) in [5.41, 5.74) is 3.62. The Morgan fingerprint density at radius 3 is 2.85 bits per heavy atom. The molecule has 0 spiro atoms. The van der Waals surface area contributed by atoms with E-state index in [1.165, 1.54) is 24.1 Å². The number of rotatable bonds is 3. The van der Waals surface area contributed by atoms with Gasteiger partial charge in [0.15, 0.2) is 0 Å². The Bertz CT molecular complexity index is 324. The van der Waals surface area contributed by atoms with Crippen LogP contribution in [-0.4, -0.2) is 0 Å². The Morgan fingerprint density at radius 2 is 2.23 bits per heavy atom. The predicted octanol–water partition coefficient (Wildman–Crippen LogP) is 3.33. The van der Waals surface area contributed by atoms with E-state index in [1.807, 2.05) is 0 Å². The maximum atomic E-state index is 4.03. The van der Waals surface area contributed by atoms with Crippen LogP contribution < -0.4 is 5.32 Å². The third-order valence-corrected chi connectivity index (χ3v) is 2.39. The first-order valence-corrected chi connectivity index (χ1v) is 4.78. The van der Waals surface area contributed by atoms with E-state index >= 15 is 0 Å². The molecule has 0 amide bonds. The molecule has 68 valence electrons. The van der Waals surface area contributed by atoms with Crippen molar-refractivity contribution in [3.8, 4) is 0 Å². The molecule has 1 aliphatic rings. The van der Waals surface area contributed by atoms with Crippen molar-refractivity contribution < 1.29 is 0 Å². The van der Waals surface area contributed by atoms with Crippen LogP contribution in [0, 0.1) is 12.8 Å². The Morgan fingerprint density at radius 1 is 1.46 bits per heavy atom. The Hall–Kier alpha value is -1.24. The number of anilines is 1. The van der Waals surface area contributed by atoms with E-state index in [4.69, 9.17) is 0 Å². The average molecular weight is 173 g/mol. The van der Waals surface area contributed by atoms with Crippen LogP contribution in [-0.2, 0) is 0 Å². The van der Waals surface area contributed by atoms with Crippen molar-refractivity contribution in [3.63, 3.8) is 0 Å². The summed E-state index contributed by atoms with van der Waals surface area (Å²) in [7, 11) is 0. The minimum Gasteiger partial charge on any atom is -0.359 e. The second-order valence-corrected chi connectivity index (χ2v) is 3.79. The molecule has 0 aliphatic heterocycles. The minimum absolute atomic E-state index is 0.723. The molecule has 1 aliphatic carbocycles. The van der Waals surface area contributed by atoms with Crippen molar-refractivity contribution in [1.29, 1.82) is 0 Å². The van der Waals surface area contributed by atoms with Gasteiger partial charge in [-0.1, -0.05) is 18.7 Å². The van der Waals surface area contributed by atoms with Crippen LogP contribution >= 0.6 is 0 Å². The molecule has 1 N–H and O–H groups in total. The lowest BCUT2D eigenvalue weighted by molar-refractivity contribution is 1.02. The van der Waals surface area contributed by atoms with Crippen LogP contribution in [0.25, 0.3) is 0 Å². The number of hydrogen-bond donors (Lipinski definition) is 1. The standard InChI is InChI=1S/C12H15N/c1-9-4-3-5-12(8-9)13-10(2)11-6-7-11/h3-5,8,11,13H,2,6-7H2,1H3. The van der Waals surface area contributed by atoms with Crippen LogP contribution in [0.3, 0.4) is 0 Å². The van der Waals surface area contributed by atoms with Gasteiger partial charge in [0.05, 0.1) is 0 Å². The summed E-state index contributed by atoms with van der Waals surface area (Å²) in [5.74, 6) is 0.723. The lowest BCUT2D eigenvalue weighted by Crippen LogP contribution is -1.99. The molecule has 1 heteroatoms. The molecule has 0 aromatic heterocycles. The fourth-order valence-corrected chi connectivity index (χ4v) is 1.44. The Kier molecular flexibility index (Phi) is 2.09. The summed E-state index contributed by atoms with van der Waals surface area (Å²) in [6, 6.07) is 8.40. The monoisotopic (exact) mass is 173 g/mol. The number of allylic oxidation sites excluding steroid dienone is 1. The van der Waals surface area contributed by atoms with E-state index in [9.17, 15) is 0 Å². The van der Waals surface area contributed by atoms with Gasteiger partial charge in [-0.3, -0.25) is 0 Å². The predicted molar refractivity (Wildman–Crippen MR) is 56.7 cm³/mol. The van der Waals surface area contributed by atoms with Crippen LogP contribution in [0.5, 0.6) is 0 Å². The number of hydrogen-bond acceptors (Lipinski definition) is 1. The molecule has 13 heavy (non-hydrogen) atoms. The molecule has 1 aromatic carbocycles. The van der Waals surface area contributed by atoms with E-state index in [0.717, 1.165) is 11.6 Å². The molecular weight excluding hydrogens is 158 g/mol. The number of nitrogens with one attached hydrogen (secondary N) is 1. The highest BCUT2D eigenvalue weighted by atomic mass is 14.9. The maximum absolute atomic E-state index is 4.03. The molecule has 0 saturated heterocycles. The van der Waals surface area contributed by atoms with Gasteiger partial charge in [-0.05, 0) is 43.4 Å². The molecule has 0 unspecified atom stereocenters.